The van der Waals surface area contributed by atoms with E-state index in [0.717, 1.165) is 0 Å². The number of rotatable bonds is 3. The Balaban J connectivity index is 2.41. The molecular formula is C15H14BrClF3N3OS. The Morgan fingerprint density at radius 1 is 1.44 bits per heavy atom. The molecule has 1 aromatic carbocycles. The number of aromatic nitrogens is 2. The second-order valence-corrected chi connectivity index (χ2v) is 7.50. The van der Waals surface area contributed by atoms with Crippen LogP contribution in [0.15, 0.2) is 9.63 Å². The lowest BCUT2D eigenvalue weighted by atomic mass is 10.1. The van der Waals surface area contributed by atoms with Crippen molar-refractivity contribution in [3.63, 3.8) is 0 Å². The summed E-state index contributed by atoms with van der Waals surface area (Å²) in [5.74, 6) is -0.250. The monoisotopic (exact) mass is 455 g/mol. The summed E-state index contributed by atoms with van der Waals surface area (Å²) in [6, 6.07) is -0.263. The van der Waals surface area contributed by atoms with Crippen molar-refractivity contribution in [1.82, 2.24) is 9.97 Å². The van der Waals surface area contributed by atoms with Crippen LogP contribution in [0.5, 0.6) is 5.75 Å². The molecule has 2 heterocycles. The fraction of sp³-hybridized carbons (Fsp3) is 0.467. The average molecular weight is 457 g/mol. The molecule has 3 rings (SSSR count). The van der Waals surface area contributed by atoms with Crippen LogP contribution in [0.3, 0.4) is 0 Å². The molecule has 25 heavy (non-hydrogen) atoms. The SMILES string of the molecule is CSc1nc2c3c(c(Cl)c(Br)c(F)c3n1)OCC[C@@H](C)N2CC(F)F. The van der Waals surface area contributed by atoms with Crippen molar-refractivity contribution in [3.05, 3.63) is 15.3 Å². The van der Waals surface area contributed by atoms with Crippen molar-refractivity contribution < 1.29 is 17.9 Å². The minimum atomic E-state index is -2.57. The van der Waals surface area contributed by atoms with E-state index in [0.29, 0.717) is 6.42 Å². The predicted molar refractivity (Wildman–Crippen MR) is 96.9 cm³/mol. The van der Waals surface area contributed by atoms with E-state index >= 15 is 0 Å². The molecule has 0 saturated heterocycles. The summed E-state index contributed by atoms with van der Waals surface area (Å²) in [5.41, 5.74) is -0.00556. The summed E-state index contributed by atoms with van der Waals surface area (Å²) in [6.07, 6.45) is -0.333. The fourth-order valence-corrected chi connectivity index (χ4v) is 3.71. The first-order valence-corrected chi connectivity index (χ1v) is 9.84. The molecule has 1 aliphatic heterocycles. The van der Waals surface area contributed by atoms with Gasteiger partial charge in [-0.25, -0.2) is 23.1 Å². The molecule has 136 valence electrons. The lowest BCUT2D eigenvalue weighted by Gasteiger charge is -2.33. The van der Waals surface area contributed by atoms with Crippen LogP contribution in [0.2, 0.25) is 5.02 Å². The van der Waals surface area contributed by atoms with Gasteiger partial charge in [0.1, 0.15) is 16.4 Å². The van der Waals surface area contributed by atoms with Crippen LogP contribution >= 0.6 is 39.3 Å². The molecule has 1 aliphatic rings. The third-order valence-electron chi connectivity index (χ3n) is 3.99. The van der Waals surface area contributed by atoms with Gasteiger partial charge in [0.25, 0.3) is 6.43 Å². The Kier molecular flexibility index (Phi) is 5.55. The van der Waals surface area contributed by atoms with Crippen LogP contribution < -0.4 is 9.64 Å². The van der Waals surface area contributed by atoms with E-state index in [1.165, 1.54) is 16.7 Å². The number of ether oxygens (including phenoxy) is 1. The van der Waals surface area contributed by atoms with Gasteiger partial charge in [-0.05, 0) is 29.1 Å². The highest BCUT2D eigenvalue weighted by Crippen LogP contribution is 2.46. The molecule has 10 heteroatoms. The summed E-state index contributed by atoms with van der Waals surface area (Å²) < 4.78 is 46.9. The van der Waals surface area contributed by atoms with E-state index in [2.05, 4.69) is 25.9 Å². The van der Waals surface area contributed by atoms with Gasteiger partial charge in [0, 0.05) is 12.5 Å². The number of nitrogens with zero attached hydrogens (tertiary/aromatic N) is 3. The normalized spacial score (nSPS) is 17.6. The van der Waals surface area contributed by atoms with Crippen molar-refractivity contribution in [2.45, 2.75) is 31.0 Å². The third kappa shape index (κ3) is 3.38. The zero-order valence-electron chi connectivity index (χ0n) is 13.3. The Labute approximate surface area is 160 Å². The van der Waals surface area contributed by atoms with Crippen molar-refractivity contribution >= 4 is 56.0 Å². The van der Waals surface area contributed by atoms with Gasteiger partial charge in [-0.3, -0.25) is 0 Å². The lowest BCUT2D eigenvalue weighted by Crippen LogP contribution is -2.39. The maximum absolute atomic E-state index is 14.8. The Bertz CT molecular complexity index is 827. The van der Waals surface area contributed by atoms with Gasteiger partial charge in [-0.1, -0.05) is 23.4 Å². The maximum atomic E-state index is 14.8. The van der Waals surface area contributed by atoms with Gasteiger partial charge in [0.15, 0.2) is 16.7 Å². The third-order valence-corrected chi connectivity index (χ3v) is 5.87. The largest absolute Gasteiger partial charge is 0.491 e. The smallest absolute Gasteiger partial charge is 0.255 e. The predicted octanol–water partition coefficient (Wildman–Crippen LogP) is 5.15. The van der Waals surface area contributed by atoms with E-state index in [-0.39, 0.29) is 49.8 Å². The van der Waals surface area contributed by atoms with Gasteiger partial charge in [-0.2, -0.15) is 0 Å². The van der Waals surface area contributed by atoms with Gasteiger partial charge < -0.3 is 9.64 Å². The standard InChI is InChI=1S/C15H14BrClF3N3OS/c1-6-3-4-24-13-8-12(11(20)9(16)10(13)17)21-15(25-2)22-14(8)23(6)5-7(18)19/h6-7H,3-5H2,1-2H3/t6-/m1/s1. The van der Waals surface area contributed by atoms with Crippen molar-refractivity contribution in [2.24, 2.45) is 0 Å². The number of hydrogen-bond donors (Lipinski definition) is 0. The highest BCUT2D eigenvalue weighted by Gasteiger charge is 2.30. The summed E-state index contributed by atoms with van der Waals surface area (Å²) in [4.78, 5) is 10.1. The van der Waals surface area contributed by atoms with Crippen LogP contribution in [-0.2, 0) is 0 Å². The Morgan fingerprint density at radius 3 is 2.80 bits per heavy atom. The first-order valence-electron chi connectivity index (χ1n) is 7.44. The first-order chi connectivity index (χ1) is 11.8. The number of anilines is 1. The van der Waals surface area contributed by atoms with E-state index in [4.69, 9.17) is 16.3 Å². The highest BCUT2D eigenvalue weighted by molar-refractivity contribution is 9.10. The van der Waals surface area contributed by atoms with E-state index in [1.54, 1.807) is 13.2 Å². The molecule has 0 radical (unpaired) electrons. The molecule has 0 saturated carbocycles. The molecule has 0 aliphatic carbocycles. The second-order valence-electron chi connectivity index (χ2n) is 5.56. The molecule has 0 amide bonds. The molecule has 0 bridgehead atoms. The fourth-order valence-electron chi connectivity index (χ4n) is 2.75. The van der Waals surface area contributed by atoms with Gasteiger partial charge in [0.05, 0.1) is 23.0 Å². The molecule has 1 aromatic heterocycles. The van der Waals surface area contributed by atoms with E-state index in [9.17, 15) is 13.2 Å². The maximum Gasteiger partial charge on any atom is 0.255 e. The Hall–Kier alpha value is -0.930. The summed E-state index contributed by atoms with van der Waals surface area (Å²) in [7, 11) is 0. The zero-order chi connectivity index (χ0) is 18.3. The van der Waals surface area contributed by atoms with Gasteiger partial charge in [-0.15, -0.1) is 0 Å². The summed E-state index contributed by atoms with van der Waals surface area (Å²) in [5, 5.41) is 0.544. The molecule has 0 unspecified atom stereocenters. The quantitative estimate of drug-likeness (QED) is 0.363. The molecule has 0 fully saturated rings. The van der Waals surface area contributed by atoms with Crippen LogP contribution in [-0.4, -0.2) is 41.8 Å². The number of hydrogen-bond acceptors (Lipinski definition) is 5. The van der Waals surface area contributed by atoms with Gasteiger partial charge >= 0.3 is 0 Å². The molecule has 0 N–H and O–H groups in total. The van der Waals surface area contributed by atoms with Crippen LogP contribution in [0.4, 0.5) is 19.0 Å². The molecule has 4 nitrogen and oxygen atoms in total. The number of alkyl halides is 2. The lowest BCUT2D eigenvalue weighted by molar-refractivity contribution is 0.150. The molecule has 2 aromatic rings. The van der Waals surface area contributed by atoms with Crippen molar-refractivity contribution in [2.75, 3.05) is 24.3 Å². The summed E-state index contributed by atoms with van der Waals surface area (Å²) >= 11 is 10.5. The van der Waals surface area contributed by atoms with Crippen LogP contribution in [0.1, 0.15) is 13.3 Å². The zero-order valence-corrected chi connectivity index (χ0v) is 16.5. The van der Waals surface area contributed by atoms with Crippen LogP contribution in [0.25, 0.3) is 10.9 Å². The molecule has 1 atom stereocenters. The highest BCUT2D eigenvalue weighted by atomic mass is 79.9. The molecule has 0 spiro atoms. The van der Waals surface area contributed by atoms with Gasteiger partial charge in [0.2, 0.25) is 0 Å². The minimum Gasteiger partial charge on any atom is -0.491 e. The summed E-state index contributed by atoms with van der Waals surface area (Å²) in [6.45, 7) is 1.55. The first kappa shape index (κ1) is 18.8. The van der Waals surface area contributed by atoms with Crippen molar-refractivity contribution in [1.29, 1.82) is 0 Å². The average Bonchev–Trinajstić information content (AvgIpc) is 2.58. The molecular weight excluding hydrogens is 443 g/mol. The topological polar surface area (TPSA) is 38.3 Å². The van der Waals surface area contributed by atoms with E-state index in [1.807, 2.05) is 0 Å². The number of halogens is 5. The van der Waals surface area contributed by atoms with E-state index < -0.39 is 18.8 Å². The van der Waals surface area contributed by atoms with Crippen LogP contribution in [0, 0.1) is 5.82 Å². The minimum absolute atomic E-state index is 0.00556. The number of benzene rings is 1. The second kappa shape index (κ2) is 7.36. The van der Waals surface area contributed by atoms with Crippen molar-refractivity contribution in [3.8, 4) is 5.75 Å². The number of thioether (sulfide) groups is 1. The Morgan fingerprint density at radius 2 is 2.16 bits per heavy atom.